The Kier molecular flexibility index (Phi) is 4.51. The van der Waals surface area contributed by atoms with Gasteiger partial charge in [0.2, 0.25) is 11.8 Å². The maximum absolute atomic E-state index is 12.6. The number of pyridine rings is 1. The van der Waals surface area contributed by atoms with Gasteiger partial charge in [0.1, 0.15) is 5.69 Å². The molecule has 0 bridgehead atoms. The van der Waals surface area contributed by atoms with Gasteiger partial charge < -0.3 is 15.1 Å². The Bertz CT molecular complexity index is 670. The predicted octanol–water partition coefficient (Wildman–Crippen LogP) is 0.0629. The molecule has 2 aliphatic heterocycles. The van der Waals surface area contributed by atoms with E-state index in [1.54, 1.807) is 23.0 Å². The van der Waals surface area contributed by atoms with Gasteiger partial charge in [0, 0.05) is 39.3 Å². The maximum Gasteiger partial charge on any atom is 0.272 e. The molecule has 2 fully saturated rings. The number of hydrogen-bond acceptors (Lipinski definition) is 4. The smallest absolute Gasteiger partial charge is 0.272 e. The number of likely N-dealkylation sites (tertiary alicyclic amines) is 2. The van der Waals surface area contributed by atoms with Crippen molar-refractivity contribution in [3.05, 3.63) is 29.6 Å². The summed E-state index contributed by atoms with van der Waals surface area (Å²) in [7, 11) is 1.58. The van der Waals surface area contributed by atoms with E-state index in [4.69, 9.17) is 0 Å². The van der Waals surface area contributed by atoms with Crippen LogP contribution >= 0.6 is 0 Å². The molecule has 128 valence electrons. The number of nitrogens with zero attached hydrogens (tertiary/aromatic N) is 3. The molecule has 1 aromatic rings. The molecule has 0 spiro atoms. The lowest BCUT2D eigenvalue weighted by atomic mass is 10.0. The second-order valence-corrected chi connectivity index (χ2v) is 6.29. The molecule has 7 heteroatoms. The highest BCUT2D eigenvalue weighted by Gasteiger charge is 2.43. The molecule has 1 aromatic heterocycles. The number of rotatable bonds is 4. The zero-order valence-electron chi connectivity index (χ0n) is 14.0. The molecule has 0 aromatic carbocycles. The minimum absolute atomic E-state index is 0.00453. The summed E-state index contributed by atoms with van der Waals surface area (Å²) in [5, 5.41) is 2.59. The van der Waals surface area contributed by atoms with E-state index < -0.39 is 0 Å². The highest BCUT2D eigenvalue weighted by atomic mass is 16.2. The Labute approximate surface area is 141 Å². The third-order valence-corrected chi connectivity index (χ3v) is 4.84. The molecule has 0 radical (unpaired) electrons. The minimum atomic E-state index is -0.283. The molecule has 1 N–H and O–H groups in total. The minimum Gasteiger partial charge on any atom is -0.359 e. The van der Waals surface area contributed by atoms with Gasteiger partial charge in [-0.25, -0.2) is 0 Å². The normalized spacial score (nSPS) is 20.9. The second-order valence-electron chi connectivity index (χ2n) is 6.29. The summed E-state index contributed by atoms with van der Waals surface area (Å²) < 4.78 is 0. The quantitative estimate of drug-likeness (QED) is 0.846. The van der Waals surface area contributed by atoms with E-state index in [1.807, 2.05) is 19.1 Å². The molecule has 3 heterocycles. The van der Waals surface area contributed by atoms with Gasteiger partial charge in [0.15, 0.2) is 0 Å². The number of nitrogens with one attached hydrogen (secondary N) is 1. The molecule has 7 nitrogen and oxygen atoms in total. The predicted molar refractivity (Wildman–Crippen MR) is 87.2 cm³/mol. The van der Waals surface area contributed by atoms with Crippen molar-refractivity contribution in [3.8, 4) is 0 Å². The van der Waals surface area contributed by atoms with Crippen LogP contribution in [0.15, 0.2) is 18.3 Å². The number of carbonyl (C=O) groups is 3. The van der Waals surface area contributed by atoms with E-state index in [1.165, 1.54) is 0 Å². The van der Waals surface area contributed by atoms with Crippen molar-refractivity contribution in [3.63, 3.8) is 0 Å². The van der Waals surface area contributed by atoms with Gasteiger partial charge in [-0.2, -0.15) is 0 Å². The van der Waals surface area contributed by atoms with Crippen LogP contribution in [-0.2, 0) is 16.0 Å². The first kappa shape index (κ1) is 16.4. The van der Waals surface area contributed by atoms with Crippen molar-refractivity contribution >= 4 is 17.7 Å². The van der Waals surface area contributed by atoms with Gasteiger partial charge in [-0.05, 0) is 18.1 Å². The lowest BCUT2D eigenvalue weighted by Crippen LogP contribution is -2.61. The summed E-state index contributed by atoms with van der Waals surface area (Å²) in [5.41, 5.74) is 1.43. The van der Waals surface area contributed by atoms with Crippen molar-refractivity contribution in [2.45, 2.75) is 25.8 Å². The molecule has 0 aliphatic carbocycles. The van der Waals surface area contributed by atoms with Crippen LogP contribution in [0, 0.1) is 5.92 Å². The largest absolute Gasteiger partial charge is 0.359 e. The fourth-order valence-electron chi connectivity index (χ4n) is 3.35. The first-order chi connectivity index (χ1) is 11.5. The van der Waals surface area contributed by atoms with Crippen LogP contribution in [0.25, 0.3) is 0 Å². The topological polar surface area (TPSA) is 82.6 Å². The summed E-state index contributed by atoms with van der Waals surface area (Å²) in [5.74, 6) is -0.472. The van der Waals surface area contributed by atoms with Crippen LogP contribution < -0.4 is 5.32 Å². The fourth-order valence-corrected chi connectivity index (χ4v) is 3.35. The van der Waals surface area contributed by atoms with Crippen molar-refractivity contribution in [1.82, 2.24) is 20.1 Å². The Balaban J connectivity index is 1.60. The van der Waals surface area contributed by atoms with Crippen molar-refractivity contribution in [2.24, 2.45) is 5.92 Å². The molecular weight excluding hydrogens is 308 g/mol. The Morgan fingerprint density at radius 1 is 1.33 bits per heavy atom. The van der Waals surface area contributed by atoms with Crippen LogP contribution in [0.3, 0.4) is 0 Å². The fraction of sp³-hybridized carbons (Fsp3) is 0.529. The first-order valence-corrected chi connectivity index (χ1v) is 8.29. The molecule has 2 aliphatic rings. The summed E-state index contributed by atoms with van der Waals surface area (Å²) in [6, 6.07) is 3.75. The maximum atomic E-state index is 12.6. The molecule has 0 saturated carbocycles. The summed E-state index contributed by atoms with van der Waals surface area (Å²) in [6.07, 6.45) is 2.64. The van der Waals surface area contributed by atoms with Crippen LogP contribution in [-0.4, -0.2) is 65.2 Å². The van der Waals surface area contributed by atoms with Crippen LogP contribution in [0.2, 0.25) is 0 Å². The van der Waals surface area contributed by atoms with Gasteiger partial charge in [-0.15, -0.1) is 0 Å². The van der Waals surface area contributed by atoms with Crippen LogP contribution in [0.4, 0.5) is 0 Å². The lowest BCUT2D eigenvalue weighted by molar-refractivity contribution is -0.132. The monoisotopic (exact) mass is 330 g/mol. The zero-order chi connectivity index (χ0) is 17.3. The lowest BCUT2D eigenvalue weighted by Gasteiger charge is -2.44. The highest BCUT2D eigenvalue weighted by Crippen LogP contribution is 2.26. The number of amides is 3. The first-order valence-electron chi connectivity index (χ1n) is 8.29. The van der Waals surface area contributed by atoms with E-state index in [-0.39, 0.29) is 36.1 Å². The molecule has 1 atom stereocenters. The summed E-state index contributed by atoms with van der Waals surface area (Å²) >= 11 is 0. The third-order valence-electron chi connectivity index (χ3n) is 4.84. The molecule has 24 heavy (non-hydrogen) atoms. The van der Waals surface area contributed by atoms with Gasteiger partial charge in [-0.3, -0.25) is 19.4 Å². The van der Waals surface area contributed by atoms with Crippen LogP contribution in [0.5, 0.6) is 0 Å². The average molecular weight is 330 g/mol. The van der Waals surface area contributed by atoms with Gasteiger partial charge in [-0.1, -0.05) is 13.0 Å². The SMILES string of the molecule is CCc1cccnc1C(=O)N1CC(N2CC(C(=O)NC)CC2=O)C1. The number of carbonyl (C=O) groups excluding carboxylic acids is 3. The molecular formula is C17H22N4O3. The van der Waals surface area contributed by atoms with Gasteiger partial charge in [0.25, 0.3) is 5.91 Å². The third kappa shape index (κ3) is 2.86. The Morgan fingerprint density at radius 3 is 2.75 bits per heavy atom. The van der Waals surface area contributed by atoms with E-state index >= 15 is 0 Å². The van der Waals surface area contributed by atoms with Crippen molar-refractivity contribution in [1.29, 1.82) is 0 Å². The van der Waals surface area contributed by atoms with Crippen molar-refractivity contribution < 1.29 is 14.4 Å². The van der Waals surface area contributed by atoms with Gasteiger partial charge in [0.05, 0.1) is 12.0 Å². The van der Waals surface area contributed by atoms with E-state index in [9.17, 15) is 14.4 Å². The standard InChI is InChI=1S/C17H22N4O3/c1-3-11-5-4-6-19-15(11)17(24)20-9-13(10-20)21-8-12(7-14(21)22)16(23)18-2/h4-6,12-13H,3,7-10H2,1-2H3,(H,18,23). The number of aromatic nitrogens is 1. The number of aryl methyl sites for hydroxylation is 1. The average Bonchev–Trinajstić information content (AvgIpc) is 2.94. The molecule has 1 unspecified atom stereocenters. The Hall–Kier alpha value is -2.44. The van der Waals surface area contributed by atoms with E-state index in [0.29, 0.717) is 25.3 Å². The van der Waals surface area contributed by atoms with Crippen LogP contribution in [0.1, 0.15) is 29.4 Å². The van der Waals surface area contributed by atoms with E-state index in [0.717, 1.165) is 12.0 Å². The van der Waals surface area contributed by atoms with Gasteiger partial charge >= 0.3 is 0 Å². The molecule has 2 saturated heterocycles. The summed E-state index contributed by atoms with van der Waals surface area (Å²) in [6.45, 7) is 3.44. The zero-order valence-corrected chi connectivity index (χ0v) is 14.0. The number of hydrogen-bond donors (Lipinski definition) is 1. The van der Waals surface area contributed by atoms with Crippen molar-refractivity contribution in [2.75, 3.05) is 26.7 Å². The highest BCUT2D eigenvalue weighted by molar-refractivity contribution is 5.95. The second kappa shape index (κ2) is 6.59. The summed E-state index contributed by atoms with van der Waals surface area (Å²) in [4.78, 5) is 44.0. The molecule has 3 rings (SSSR count). The Morgan fingerprint density at radius 2 is 2.08 bits per heavy atom. The van der Waals surface area contributed by atoms with E-state index in [2.05, 4.69) is 10.3 Å². The molecule has 3 amide bonds.